The zero-order chi connectivity index (χ0) is 14.7. The number of aromatic nitrogens is 4. The van der Waals surface area contributed by atoms with Crippen LogP contribution in [0.1, 0.15) is 35.4 Å². The average Bonchev–Trinajstić information content (AvgIpc) is 3.23. The van der Waals surface area contributed by atoms with Crippen LogP contribution in [0, 0.1) is 5.92 Å². The number of nitrogens with zero attached hydrogens (tertiary/aromatic N) is 3. The normalized spacial score (nSPS) is 25.6. The maximum absolute atomic E-state index is 10.9. The molecule has 1 aromatic carbocycles. The summed E-state index contributed by atoms with van der Waals surface area (Å²) in [6.07, 6.45) is 7.02. The number of H-pyrrole nitrogens is 1. The molecule has 2 aliphatic rings. The Kier molecular flexibility index (Phi) is 2.38. The number of aromatic amines is 1. The fourth-order valence-electron chi connectivity index (χ4n) is 4.11. The van der Waals surface area contributed by atoms with E-state index < -0.39 is 6.10 Å². The zero-order valence-electron chi connectivity index (χ0n) is 12.0. The molecule has 110 valence electrons. The molecule has 5 nitrogen and oxygen atoms in total. The number of hydrogen-bond acceptors (Lipinski definition) is 3. The molecule has 0 spiro atoms. The van der Waals surface area contributed by atoms with Crippen molar-refractivity contribution in [3.05, 3.63) is 59.8 Å². The van der Waals surface area contributed by atoms with Crippen molar-refractivity contribution in [3.8, 4) is 11.3 Å². The SMILES string of the molecule is O[C@@H]1c2[nH]ncc2CC[C@H]1C1c2ccccc2-c2cncn21. The highest BCUT2D eigenvalue weighted by Crippen LogP contribution is 2.49. The molecule has 1 aliphatic heterocycles. The first kappa shape index (κ1) is 12.2. The Labute approximate surface area is 127 Å². The summed E-state index contributed by atoms with van der Waals surface area (Å²) in [5.74, 6) is 0.129. The van der Waals surface area contributed by atoms with E-state index in [0.29, 0.717) is 0 Å². The summed E-state index contributed by atoms with van der Waals surface area (Å²) in [6.45, 7) is 0. The summed E-state index contributed by atoms with van der Waals surface area (Å²) in [5, 5.41) is 17.9. The molecular weight excluding hydrogens is 276 g/mol. The highest BCUT2D eigenvalue weighted by molar-refractivity contribution is 5.69. The molecule has 3 atom stereocenters. The van der Waals surface area contributed by atoms with Crippen LogP contribution in [0.15, 0.2) is 43.0 Å². The van der Waals surface area contributed by atoms with Crippen molar-refractivity contribution in [2.24, 2.45) is 5.92 Å². The summed E-state index contributed by atoms with van der Waals surface area (Å²) in [6, 6.07) is 8.58. The molecule has 5 rings (SSSR count). The Morgan fingerprint density at radius 2 is 2.14 bits per heavy atom. The van der Waals surface area contributed by atoms with Gasteiger partial charge in [-0.15, -0.1) is 0 Å². The first-order chi connectivity index (χ1) is 10.8. The zero-order valence-corrected chi connectivity index (χ0v) is 12.0. The van der Waals surface area contributed by atoms with Gasteiger partial charge in [-0.3, -0.25) is 5.10 Å². The van der Waals surface area contributed by atoms with Gasteiger partial charge in [0.1, 0.15) is 6.10 Å². The topological polar surface area (TPSA) is 66.7 Å². The van der Waals surface area contributed by atoms with Crippen LogP contribution < -0.4 is 0 Å². The summed E-state index contributed by atoms with van der Waals surface area (Å²) < 4.78 is 2.21. The van der Waals surface area contributed by atoms with Gasteiger partial charge in [0.2, 0.25) is 0 Å². The van der Waals surface area contributed by atoms with Crippen molar-refractivity contribution >= 4 is 0 Å². The van der Waals surface area contributed by atoms with Crippen LogP contribution in [0.4, 0.5) is 0 Å². The van der Waals surface area contributed by atoms with Crippen LogP contribution in [0.5, 0.6) is 0 Å². The standard InChI is InChI=1S/C17H16N4O/c22-17-13(6-5-10-7-19-20-15(10)17)16-12-4-2-1-3-11(12)14-8-18-9-21(14)16/h1-4,7-9,13,16-17,22H,5-6H2,(H,19,20)/t13-,16?,17-/m0/s1. The van der Waals surface area contributed by atoms with Gasteiger partial charge in [0.25, 0.3) is 0 Å². The Morgan fingerprint density at radius 1 is 1.23 bits per heavy atom. The largest absolute Gasteiger partial charge is 0.386 e. The molecule has 0 saturated heterocycles. The van der Waals surface area contributed by atoms with E-state index in [9.17, 15) is 5.11 Å². The van der Waals surface area contributed by atoms with E-state index in [2.05, 4.69) is 44.0 Å². The van der Waals surface area contributed by atoms with Crippen molar-refractivity contribution in [2.75, 3.05) is 0 Å². The Bertz CT molecular complexity index is 850. The van der Waals surface area contributed by atoms with Gasteiger partial charge in [-0.1, -0.05) is 24.3 Å². The van der Waals surface area contributed by atoms with E-state index in [-0.39, 0.29) is 12.0 Å². The smallest absolute Gasteiger partial charge is 0.101 e. The number of aryl methyl sites for hydroxylation is 1. The number of aliphatic hydroxyl groups is 1. The molecule has 2 aromatic heterocycles. The van der Waals surface area contributed by atoms with Gasteiger partial charge in [0.05, 0.1) is 36.2 Å². The molecule has 0 amide bonds. The van der Waals surface area contributed by atoms with Crippen molar-refractivity contribution in [1.29, 1.82) is 0 Å². The van der Waals surface area contributed by atoms with Gasteiger partial charge in [0, 0.05) is 11.5 Å². The van der Waals surface area contributed by atoms with E-state index in [1.54, 1.807) is 0 Å². The fraction of sp³-hybridized carbons (Fsp3) is 0.294. The van der Waals surface area contributed by atoms with Crippen LogP contribution in [-0.2, 0) is 6.42 Å². The third-order valence-electron chi connectivity index (χ3n) is 5.13. The lowest BCUT2D eigenvalue weighted by molar-refractivity contribution is 0.0684. The maximum Gasteiger partial charge on any atom is 0.101 e. The van der Waals surface area contributed by atoms with Gasteiger partial charge in [-0.05, 0) is 24.0 Å². The third-order valence-corrected chi connectivity index (χ3v) is 5.13. The summed E-state index contributed by atoms with van der Waals surface area (Å²) in [4.78, 5) is 4.31. The minimum atomic E-state index is -0.516. The third kappa shape index (κ3) is 1.46. The number of aliphatic hydroxyl groups excluding tert-OH is 1. The van der Waals surface area contributed by atoms with Crippen molar-refractivity contribution in [3.63, 3.8) is 0 Å². The quantitative estimate of drug-likeness (QED) is 0.724. The van der Waals surface area contributed by atoms with Gasteiger partial charge < -0.3 is 9.67 Å². The lowest BCUT2D eigenvalue weighted by Gasteiger charge is -2.33. The van der Waals surface area contributed by atoms with Gasteiger partial charge in [0.15, 0.2) is 0 Å². The summed E-state index contributed by atoms with van der Waals surface area (Å²) >= 11 is 0. The van der Waals surface area contributed by atoms with Crippen molar-refractivity contribution < 1.29 is 5.11 Å². The highest BCUT2D eigenvalue weighted by Gasteiger charge is 2.41. The van der Waals surface area contributed by atoms with E-state index in [0.717, 1.165) is 29.8 Å². The second kappa shape index (κ2) is 4.30. The van der Waals surface area contributed by atoms with Crippen LogP contribution in [-0.4, -0.2) is 24.9 Å². The molecule has 1 unspecified atom stereocenters. The van der Waals surface area contributed by atoms with E-state index in [1.807, 2.05) is 18.7 Å². The number of rotatable bonds is 1. The van der Waals surface area contributed by atoms with Crippen LogP contribution in [0.3, 0.4) is 0 Å². The minimum absolute atomic E-state index is 0.129. The predicted molar refractivity (Wildman–Crippen MR) is 81.2 cm³/mol. The van der Waals surface area contributed by atoms with Gasteiger partial charge in [-0.25, -0.2) is 4.98 Å². The molecule has 3 heterocycles. The lowest BCUT2D eigenvalue weighted by atomic mass is 9.78. The van der Waals surface area contributed by atoms with Crippen LogP contribution >= 0.6 is 0 Å². The highest BCUT2D eigenvalue weighted by atomic mass is 16.3. The average molecular weight is 292 g/mol. The monoisotopic (exact) mass is 292 g/mol. The molecule has 0 saturated carbocycles. The van der Waals surface area contributed by atoms with Crippen LogP contribution in [0.25, 0.3) is 11.3 Å². The number of benzene rings is 1. The molecule has 2 N–H and O–H groups in total. The Balaban J connectivity index is 1.65. The second-order valence-corrected chi connectivity index (χ2v) is 6.17. The first-order valence-electron chi connectivity index (χ1n) is 7.66. The first-order valence-corrected chi connectivity index (χ1v) is 7.66. The fourth-order valence-corrected chi connectivity index (χ4v) is 4.11. The minimum Gasteiger partial charge on any atom is -0.386 e. The number of fused-ring (bicyclic) bond motifs is 4. The number of imidazole rings is 1. The molecule has 0 bridgehead atoms. The number of hydrogen-bond donors (Lipinski definition) is 2. The van der Waals surface area contributed by atoms with E-state index in [1.165, 1.54) is 11.1 Å². The Morgan fingerprint density at radius 3 is 3.09 bits per heavy atom. The molecule has 3 aromatic rings. The van der Waals surface area contributed by atoms with Gasteiger partial charge in [-0.2, -0.15) is 5.10 Å². The molecule has 5 heteroatoms. The lowest BCUT2D eigenvalue weighted by Crippen LogP contribution is -2.28. The van der Waals surface area contributed by atoms with Crippen LogP contribution in [0.2, 0.25) is 0 Å². The predicted octanol–water partition coefficient (Wildman–Crippen LogP) is 2.47. The maximum atomic E-state index is 10.9. The molecule has 22 heavy (non-hydrogen) atoms. The summed E-state index contributed by atoms with van der Waals surface area (Å²) in [7, 11) is 0. The molecule has 1 aliphatic carbocycles. The number of nitrogens with one attached hydrogen (secondary N) is 1. The molecule has 0 fully saturated rings. The second-order valence-electron chi connectivity index (χ2n) is 6.17. The van der Waals surface area contributed by atoms with Crippen molar-refractivity contribution in [1.82, 2.24) is 19.7 Å². The van der Waals surface area contributed by atoms with E-state index >= 15 is 0 Å². The molecular formula is C17H16N4O. The Hall–Kier alpha value is -2.40. The van der Waals surface area contributed by atoms with E-state index in [4.69, 9.17) is 0 Å². The summed E-state index contributed by atoms with van der Waals surface area (Å²) in [5.41, 5.74) is 5.67. The van der Waals surface area contributed by atoms with Gasteiger partial charge >= 0.3 is 0 Å². The van der Waals surface area contributed by atoms with Crippen molar-refractivity contribution in [2.45, 2.75) is 25.0 Å². The molecule has 0 radical (unpaired) electrons.